The Kier molecular flexibility index (Phi) is 4.82. The fourth-order valence-corrected chi connectivity index (χ4v) is 3.52. The van der Waals surface area contributed by atoms with E-state index in [-0.39, 0.29) is 18.1 Å². The Morgan fingerprint density at radius 1 is 1.14 bits per heavy atom. The Bertz CT molecular complexity index is 977. The first kappa shape index (κ1) is 19.4. The van der Waals surface area contributed by atoms with Crippen molar-refractivity contribution in [2.75, 3.05) is 26.2 Å². The second-order valence-corrected chi connectivity index (χ2v) is 7.27. The summed E-state index contributed by atoms with van der Waals surface area (Å²) in [5.74, 6) is -1.38. The van der Waals surface area contributed by atoms with Crippen LogP contribution in [-0.2, 0) is 11.0 Å². The molecule has 1 fully saturated rings. The lowest BCUT2D eigenvalue weighted by Gasteiger charge is -2.37. The number of halogens is 4. The average molecular weight is 407 g/mol. The van der Waals surface area contributed by atoms with Crippen LogP contribution in [0.25, 0.3) is 17.2 Å². The van der Waals surface area contributed by atoms with Gasteiger partial charge in [0.2, 0.25) is 0 Å². The van der Waals surface area contributed by atoms with E-state index in [9.17, 15) is 22.4 Å². The molecule has 2 aromatic carbocycles. The molecule has 0 amide bonds. The predicted octanol–water partition coefficient (Wildman–Crippen LogP) is 4.30. The fourth-order valence-electron chi connectivity index (χ4n) is 3.52. The summed E-state index contributed by atoms with van der Waals surface area (Å²) in [4.78, 5) is 12.8. The topological polar surface area (TPSA) is 49.8 Å². The highest BCUT2D eigenvalue weighted by Crippen LogP contribution is 2.36. The van der Waals surface area contributed by atoms with Crippen molar-refractivity contribution in [3.63, 3.8) is 0 Å². The molecule has 1 saturated heterocycles. The molecule has 4 rings (SSSR count). The molecule has 152 valence electrons. The van der Waals surface area contributed by atoms with E-state index in [4.69, 9.17) is 9.84 Å². The molecule has 8 heteroatoms. The third kappa shape index (κ3) is 3.98. The molecule has 2 aromatic rings. The van der Waals surface area contributed by atoms with Crippen molar-refractivity contribution in [1.82, 2.24) is 4.90 Å². The summed E-state index contributed by atoms with van der Waals surface area (Å²) in [6.07, 6.45) is -2.73. The van der Waals surface area contributed by atoms with Crippen LogP contribution in [0.1, 0.15) is 11.1 Å². The monoisotopic (exact) mass is 407 g/mol. The van der Waals surface area contributed by atoms with Crippen LogP contribution in [0.4, 0.5) is 17.6 Å². The molecule has 2 aliphatic rings. The molecule has 29 heavy (non-hydrogen) atoms. The van der Waals surface area contributed by atoms with E-state index in [2.05, 4.69) is 0 Å². The molecule has 0 aromatic heterocycles. The fraction of sp³-hybridized carbons (Fsp3) is 0.286. The quantitative estimate of drug-likeness (QED) is 0.768. The van der Waals surface area contributed by atoms with Crippen molar-refractivity contribution >= 4 is 12.0 Å². The molecule has 2 aliphatic heterocycles. The number of rotatable bonds is 4. The summed E-state index contributed by atoms with van der Waals surface area (Å²) in [6, 6.07) is 7.41. The van der Waals surface area contributed by atoms with Crippen molar-refractivity contribution in [3.8, 4) is 16.9 Å². The Hall–Kier alpha value is -2.87. The van der Waals surface area contributed by atoms with Crippen molar-refractivity contribution < 1.29 is 32.2 Å². The van der Waals surface area contributed by atoms with Gasteiger partial charge in [-0.3, -0.25) is 9.69 Å². The number of aliphatic carboxylic acids is 1. The maximum Gasteiger partial charge on any atom is 0.416 e. The molecular weight excluding hydrogens is 390 g/mol. The van der Waals surface area contributed by atoms with E-state index in [1.54, 1.807) is 12.1 Å². The minimum absolute atomic E-state index is 0.247. The Morgan fingerprint density at radius 2 is 1.83 bits per heavy atom. The second kappa shape index (κ2) is 7.18. The lowest BCUT2D eigenvalue weighted by Crippen LogP contribution is -2.51. The summed E-state index contributed by atoms with van der Waals surface area (Å²) in [7, 11) is 0. The first-order valence-electron chi connectivity index (χ1n) is 8.99. The minimum atomic E-state index is -4.43. The van der Waals surface area contributed by atoms with Crippen molar-refractivity contribution in [1.29, 1.82) is 0 Å². The van der Waals surface area contributed by atoms with Crippen molar-refractivity contribution in [2.45, 2.75) is 6.18 Å². The molecule has 4 nitrogen and oxygen atoms in total. The Balaban J connectivity index is 1.52. The SMILES string of the molecule is O=C(O)C1CN(CC2=Cc3c(F)cc(-c4ccc(C(F)(F)F)cc4)cc3OC2)C1. The van der Waals surface area contributed by atoms with Gasteiger partial charge in [0.05, 0.1) is 17.0 Å². The summed E-state index contributed by atoms with van der Waals surface area (Å²) in [6.45, 7) is 1.66. The molecular formula is C21H17F4NO3. The van der Waals surface area contributed by atoms with E-state index in [0.29, 0.717) is 36.5 Å². The molecule has 1 N–H and O–H groups in total. The van der Waals surface area contributed by atoms with Gasteiger partial charge in [-0.25, -0.2) is 4.39 Å². The summed E-state index contributed by atoms with van der Waals surface area (Å²) in [5, 5.41) is 8.93. The molecule has 0 spiro atoms. The first-order valence-corrected chi connectivity index (χ1v) is 8.99. The van der Waals surface area contributed by atoms with E-state index >= 15 is 0 Å². The zero-order valence-corrected chi connectivity index (χ0v) is 15.2. The molecule has 2 heterocycles. The highest BCUT2D eigenvalue weighted by atomic mass is 19.4. The summed E-state index contributed by atoms with van der Waals surface area (Å²) in [5.41, 5.74) is 1.25. The minimum Gasteiger partial charge on any atom is -0.488 e. The average Bonchev–Trinajstić information content (AvgIpc) is 2.63. The maximum atomic E-state index is 14.7. The smallest absolute Gasteiger partial charge is 0.416 e. The molecule has 0 atom stereocenters. The van der Waals surface area contributed by atoms with Gasteiger partial charge >= 0.3 is 12.1 Å². The molecule has 0 radical (unpaired) electrons. The van der Waals surface area contributed by atoms with Crippen LogP contribution >= 0.6 is 0 Å². The van der Waals surface area contributed by atoms with Crippen LogP contribution in [0.2, 0.25) is 0 Å². The zero-order chi connectivity index (χ0) is 20.8. The molecule has 0 saturated carbocycles. The number of hydrogen-bond donors (Lipinski definition) is 1. The third-order valence-electron chi connectivity index (χ3n) is 5.13. The lowest BCUT2D eigenvalue weighted by atomic mass is 9.97. The number of benzene rings is 2. The number of carboxylic acid groups (broad SMARTS) is 1. The van der Waals surface area contributed by atoms with Gasteiger partial charge in [0.15, 0.2) is 0 Å². The van der Waals surface area contributed by atoms with Crippen LogP contribution in [0.15, 0.2) is 42.0 Å². The molecule has 0 unspecified atom stereocenters. The number of hydrogen-bond acceptors (Lipinski definition) is 3. The van der Waals surface area contributed by atoms with Gasteiger partial charge in [0.1, 0.15) is 18.2 Å². The number of likely N-dealkylation sites (tertiary alicyclic amines) is 1. The number of carbonyl (C=O) groups is 1. The molecule has 0 bridgehead atoms. The Labute approximate surface area is 164 Å². The number of nitrogens with zero attached hydrogens (tertiary/aromatic N) is 1. The number of fused-ring (bicyclic) bond motifs is 1. The normalized spacial score (nSPS) is 17.2. The lowest BCUT2D eigenvalue weighted by molar-refractivity contribution is -0.147. The van der Waals surface area contributed by atoms with Gasteiger partial charge in [-0.05, 0) is 47.0 Å². The highest BCUT2D eigenvalue weighted by molar-refractivity contribution is 5.73. The van der Waals surface area contributed by atoms with Crippen LogP contribution in [0.5, 0.6) is 5.75 Å². The van der Waals surface area contributed by atoms with Crippen molar-refractivity contribution in [2.24, 2.45) is 5.92 Å². The van der Waals surface area contributed by atoms with Crippen LogP contribution in [0, 0.1) is 11.7 Å². The number of ether oxygens (including phenoxy) is 1. The van der Waals surface area contributed by atoms with Crippen LogP contribution in [0.3, 0.4) is 0 Å². The van der Waals surface area contributed by atoms with Gasteiger partial charge in [0, 0.05) is 19.6 Å². The van der Waals surface area contributed by atoms with E-state index in [0.717, 1.165) is 17.7 Å². The van der Waals surface area contributed by atoms with E-state index in [1.165, 1.54) is 18.2 Å². The van der Waals surface area contributed by atoms with Gasteiger partial charge in [-0.2, -0.15) is 13.2 Å². The van der Waals surface area contributed by atoms with Gasteiger partial charge in [0.25, 0.3) is 0 Å². The standard InChI is InChI=1S/C21H17F4NO3/c22-18-6-14(13-1-3-16(4-2-13)21(23,24)25)7-19-17(18)5-12(11-29-19)8-26-9-15(10-26)20(27)28/h1-7,15H,8-11H2,(H,27,28). The second-order valence-electron chi connectivity index (χ2n) is 7.27. The maximum absolute atomic E-state index is 14.7. The molecule has 0 aliphatic carbocycles. The summed E-state index contributed by atoms with van der Waals surface area (Å²) >= 11 is 0. The Morgan fingerprint density at radius 3 is 2.45 bits per heavy atom. The van der Waals surface area contributed by atoms with Crippen LogP contribution < -0.4 is 4.74 Å². The van der Waals surface area contributed by atoms with Crippen LogP contribution in [-0.4, -0.2) is 42.2 Å². The zero-order valence-electron chi connectivity index (χ0n) is 15.2. The third-order valence-corrected chi connectivity index (χ3v) is 5.13. The first-order chi connectivity index (χ1) is 13.7. The van der Waals surface area contributed by atoms with E-state index < -0.39 is 23.5 Å². The predicted molar refractivity (Wildman–Crippen MR) is 97.9 cm³/mol. The van der Waals surface area contributed by atoms with Gasteiger partial charge in [-0.15, -0.1) is 0 Å². The number of alkyl halides is 3. The van der Waals surface area contributed by atoms with Gasteiger partial charge < -0.3 is 9.84 Å². The van der Waals surface area contributed by atoms with Crippen molar-refractivity contribution in [3.05, 3.63) is 58.9 Å². The highest BCUT2D eigenvalue weighted by Gasteiger charge is 2.33. The summed E-state index contributed by atoms with van der Waals surface area (Å²) < 4.78 is 58.5. The van der Waals surface area contributed by atoms with Gasteiger partial charge in [-0.1, -0.05) is 12.1 Å². The largest absolute Gasteiger partial charge is 0.488 e. The van der Waals surface area contributed by atoms with E-state index in [1.807, 2.05) is 4.90 Å². The number of carboxylic acids is 1.